The van der Waals surface area contributed by atoms with Crippen LogP contribution in [0.1, 0.15) is 28.9 Å². The van der Waals surface area contributed by atoms with E-state index in [-0.39, 0.29) is 31.8 Å². The van der Waals surface area contributed by atoms with Crippen LogP contribution in [0.25, 0.3) is 5.69 Å². The molecular weight excluding hydrogens is 346 g/mol. The quantitative estimate of drug-likeness (QED) is 0.868. The first-order chi connectivity index (χ1) is 11.8. The number of aromatic nitrogens is 2. The van der Waals surface area contributed by atoms with E-state index in [0.717, 1.165) is 5.69 Å². The number of carboxylic acids is 1. The van der Waals surface area contributed by atoms with Crippen molar-refractivity contribution in [3.63, 3.8) is 0 Å². The van der Waals surface area contributed by atoms with Crippen LogP contribution in [0.4, 0.5) is 0 Å². The smallest absolute Gasteiger partial charge is 0.335 e. The Hall–Kier alpha value is -2.38. The highest BCUT2D eigenvalue weighted by Gasteiger charge is 2.40. The molecule has 1 amide bonds. The predicted molar refractivity (Wildman–Crippen MR) is 91.0 cm³/mol. The molecule has 0 spiro atoms. The summed E-state index contributed by atoms with van der Waals surface area (Å²) in [5, 5.41) is 24.0. The number of amides is 1. The van der Waals surface area contributed by atoms with Crippen LogP contribution in [0.5, 0.6) is 0 Å². The molecule has 1 aromatic heterocycles. The van der Waals surface area contributed by atoms with E-state index in [2.05, 4.69) is 5.10 Å². The number of aryl methyl sites for hydroxylation is 1. The van der Waals surface area contributed by atoms with Crippen molar-refractivity contribution in [2.75, 3.05) is 13.1 Å². The summed E-state index contributed by atoms with van der Waals surface area (Å²) in [5.41, 5.74) is 0.0689. The molecule has 7 nitrogen and oxygen atoms in total. The summed E-state index contributed by atoms with van der Waals surface area (Å²) in [6, 6.07) is 7.09. The monoisotopic (exact) mass is 363 g/mol. The molecular formula is C17H18ClN3O4. The van der Waals surface area contributed by atoms with Gasteiger partial charge in [-0.3, -0.25) is 4.79 Å². The number of nitrogens with zero attached hydrogens (tertiary/aromatic N) is 3. The number of carbonyl (C=O) groups is 2. The maximum Gasteiger partial charge on any atom is 0.335 e. The highest BCUT2D eigenvalue weighted by atomic mass is 35.5. The number of aliphatic hydroxyl groups is 1. The topological polar surface area (TPSA) is 95.7 Å². The average Bonchev–Trinajstić information content (AvgIpc) is 2.97. The summed E-state index contributed by atoms with van der Waals surface area (Å²) in [6.07, 6.45) is 1.68. The fourth-order valence-corrected chi connectivity index (χ4v) is 2.99. The zero-order valence-electron chi connectivity index (χ0n) is 13.6. The minimum absolute atomic E-state index is 0.0123. The summed E-state index contributed by atoms with van der Waals surface area (Å²) in [6.45, 7) is 2.12. The number of likely N-dealkylation sites (tertiary alicyclic amines) is 1. The van der Waals surface area contributed by atoms with Gasteiger partial charge >= 0.3 is 5.97 Å². The maximum atomic E-state index is 12.7. The molecule has 132 valence electrons. The normalized spacial score (nSPS) is 16.7. The van der Waals surface area contributed by atoms with Crippen LogP contribution in [0.15, 0.2) is 30.5 Å². The van der Waals surface area contributed by atoms with Crippen LogP contribution >= 0.6 is 11.6 Å². The van der Waals surface area contributed by atoms with Gasteiger partial charge in [0.05, 0.1) is 16.9 Å². The van der Waals surface area contributed by atoms with Crippen molar-refractivity contribution in [2.24, 2.45) is 0 Å². The molecule has 0 atom stereocenters. The Bertz CT molecular complexity index is 808. The Balaban J connectivity index is 1.77. The van der Waals surface area contributed by atoms with Gasteiger partial charge in [-0.1, -0.05) is 11.6 Å². The molecule has 1 aromatic carbocycles. The zero-order chi connectivity index (χ0) is 18.2. The lowest BCUT2D eigenvalue weighted by molar-refractivity contribution is -0.162. The van der Waals surface area contributed by atoms with Crippen LogP contribution in [0.2, 0.25) is 5.02 Å². The fourth-order valence-electron chi connectivity index (χ4n) is 2.86. The van der Waals surface area contributed by atoms with Gasteiger partial charge in [-0.2, -0.15) is 5.10 Å². The molecule has 0 saturated carbocycles. The molecule has 3 rings (SSSR count). The molecule has 0 bridgehead atoms. The first kappa shape index (κ1) is 17.4. The summed E-state index contributed by atoms with van der Waals surface area (Å²) >= 11 is 5.88. The second-order valence-electron chi connectivity index (χ2n) is 6.18. The lowest BCUT2D eigenvalue weighted by atomic mass is 9.91. The minimum Gasteiger partial charge on any atom is -0.479 e. The molecule has 1 saturated heterocycles. The number of carbonyl (C=O) groups excluding carboxylic acids is 1. The van der Waals surface area contributed by atoms with Crippen molar-refractivity contribution in [3.8, 4) is 5.69 Å². The molecule has 0 aliphatic carbocycles. The molecule has 25 heavy (non-hydrogen) atoms. The SMILES string of the molecule is Cc1nn(-c2ccc(Cl)cc2)cc1C(=O)N1CCC(O)(C(=O)O)CC1. The van der Waals surface area contributed by atoms with Gasteiger partial charge in [0.15, 0.2) is 5.60 Å². The zero-order valence-corrected chi connectivity index (χ0v) is 14.4. The van der Waals surface area contributed by atoms with E-state index in [9.17, 15) is 14.7 Å². The number of benzene rings is 1. The third kappa shape index (κ3) is 3.38. The molecule has 1 fully saturated rings. The summed E-state index contributed by atoms with van der Waals surface area (Å²) in [4.78, 5) is 25.4. The van der Waals surface area contributed by atoms with Gasteiger partial charge in [-0.25, -0.2) is 9.48 Å². The van der Waals surface area contributed by atoms with Crippen molar-refractivity contribution in [2.45, 2.75) is 25.4 Å². The summed E-state index contributed by atoms with van der Waals surface area (Å²) in [7, 11) is 0. The number of rotatable bonds is 3. The number of carboxylic acid groups (broad SMARTS) is 1. The van der Waals surface area contributed by atoms with Crippen molar-refractivity contribution < 1.29 is 19.8 Å². The molecule has 8 heteroatoms. The second kappa shape index (κ2) is 6.50. The summed E-state index contributed by atoms with van der Waals surface area (Å²) < 4.78 is 1.61. The van der Waals surface area contributed by atoms with Crippen LogP contribution < -0.4 is 0 Å². The van der Waals surface area contributed by atoms with E-state index in [4.69, 9.17) is 16.7 Å². The largest absolute Gasteiger partial charge is 0.479 e. The lowest BCUT2D eigenvalue weighted by Gasteiger charge is -2.35. The number of aliphatic carboxylic acids is 1. The third-order valence-corrected chi connectivity index (χ3v) is 4.75. The van der Waals surface area contributed by atoms with Gasteiger partial charge in [0.25, 0.3) is 5.91 Å². The Labute approximate surface area is 149 Å². The highest BCUT2D eigenvalue weighted by Crippen LogP contribution is 2.24. The first-order valence-corrected chi connectivity index (χ1v) is 8.25. The van der Waals surface area contributed by atoms with E-state index < -0.39 is 11.6 Å². The van der Waals surface area contributed by atoms with Crippen molar-refractivity contribution in [1.29, 1.82) is 0 Å². The Morgan fingerprint density at radius 1 is 1.20 bits per heavy atom. The molecule has 2 heterocycles. The highest BCUT2D eigenvalue weighted by molar-refractivity contribution is 6.30. The molecule has 1 aliphatic rings. The van der Waals surface area contributed by atoms with E-state index in [1.807, 2.05) is 0 Å². The first-order valence-electron chi connectivity index (χ1n) is 7.87. The van der Waals surface area contributed by atoms with Crippen LogP contribution in [0.3, 0.4) is 0 Å². The third-order valence-electron chi connectivity index (χ3n) is 4.50. The van der Waals surface area contributed by atoms with Crippen molar-refractivity contribution in [1.82, 2.24) is 14.7 Å². The van der Waals surface area contributed by atoms with Gasteiger partial charge in [0.2, 0.25) is 0 Å². The number of hydrogen-bond donors (Lipinski definition) is 2. The lowest BCUT2D eigenvalue weighted by Crippen LogP contribution is -2.50. The summed E-state index contributed by atoms with van der Waals surface area (Å²) in [5.74, 6) is -1.46. The number of piperidine rings is 1. The molecule has 2 N–H and O–H groups in total. The molecule has 1 aliphatic heterocycles. The number of hydrogen-bond acceptors (Lipinski definition) is 4. The fraction of sp³-hybridized carbons (Fsp3) is 0.353. The van der Waals surface area contributed by atoms with Crippen molar-refractivity contribution in [3.05, 3.63) is 46.7 Å². The maximum absolute atomic E-state index is 12.7. The van der Waals surface area contributed by atoms with E-state index in [1.54, 1.807) is 47.0 Å². The van der Waals surface area contributed by atoms with E-state index in [0.29, 0.717) is 16.3 Å². The van der Waals surface area contributed by atoms with Crippen LogP contribution in [-0.4, -0.2) is 55.5 Å². The van der Waals surface area contributed by atoms with Crippen LogP contribution in [0, 0.1) is 6.92 Å². The Morgan fingerprint density at radius 3 is 2.36 bits per heavy atom. The van der Waals surface area contributed by atoms with E-state index in [1.165, 1.54) is 0 Å². The van der Waals surface area contributed by atoms with Gasteiger partial charge in [0.1, 0.15) is 0 Å². The minimum atomic E-state index is -1.75. The Kier molecular flexibility index (Phi) is 4.53. The second-order valence-corrected chi connectivity index (χ2v) is 6.61. The van der Waals surface area contributed by atoms with E-state index >= 15 is 0 Å². The van der Waals surface area contributed by atoms with Gasteiger partial charge in [-0.15, -0.1) is 0 Å². The molecule has 0 unspecified atom stereocenters. The van der Waals surface area contributed by atoms with Gasteiger partial charge < -0.3 is 15.1 Å². The standard InChI is InChI=1S/C17H18ClN3O4/c1-11-14(10-21(19-11)13-4-2-12(18)3-5-13)15(22)20-8-6-17(25,7-9-20)16(23)24/h2-5,10,25H,6-9H2,1H3,(H,23,24). The predicted octanol–water partition coefficient (Wildman–Crippen LogP) is 1.89. The number of halogens is 1. The molecule has 0 radical (unpaired) electrons. The van der Waals surface area contributed by atoms with Gasteiger partial charge in [-0.05, 0) is 31.2 Å². The molecule has 2 aromatic rings. The van der Waals surface area contributed by atoms with Gasteiger partial charge in [0, 0.05) is 37.2 Å². The van der Waals surface area contributed by atoms with Crippen LogP contribution in [-0.2, 0) is 4.79 Å². The Morgan fingerprint density at radius 2 is 1.80 bits per heavy atom. The average molecular weight is 364 g/mol. The van der Waals surface area contributed by atoms with Crippen molar-refractivity contribution >= 4 is 23.5 Å².